The summed E-state index contributed by atoms with van der Waals surface area (Å²) in [5.74, 6) is 0.0820. The van der Waals surface area contributed by atoms with Gasteiger partial charge in [-0.05, 0) is 18.2 Å². The van der Waals surface area contributed by atoms with E-state index in [4.69, 9.17) is 9.84 Å². The number of carbonyl (C=O) groups excluding carboxylic acids is 1. The lowest BCUT2D eigenvalue weighted by molar-refractivity contribution is -0.210. The van der Waals surface area contributed by atoms with E-state index in [2.05, 4.69) is 15.9 Å². The maximum atomic E-state index is 12.0. The van der Waals surface area contributed by atoms with Crippen molar-refractivity contribution in [3.8, 4) is 5.75 Å². The first-order valence-electron chi connectivity index (χ1n) is 4.47. The van der Waals surface area contributed by atoms with Crippen molar-refractivity contribution in [1.29, 1.82) is 0 Å². The van der Waals surface area contributed by atoms with Crippen LogP contribution in [0, 0.1) is 0 Å². The average molecular weight is 313 g/mol. The van der Waals surface area contributed by atoms with Gasteiger partial charge in [0.1, 0.15) is 12.4 Å². The van der Waals surface area contributed by atoms with Crippen LogP contribution in [0.4, 0.5) is 13.2 Å². The number of hydrogen-bond acceptors (Lipinski definition) is 3. The Labute approximate surface area is 103 Å². The second kappa shape index (κ2) is 5.50. The lowest BCUT2D eigenvalue weighted by Gasteiger charge is -2.15. The van der Waals surface area contributed by atoms with Crippen LogP contribution in [0.25, 0.3) is 0 Å². The number of halogens is 4. The fourth-order valence-electron chi connectivity index (χ4n) is 0.972. The molecule has 7 heteroatoms. The van der Waals surface area contributed by atoms with E-state index in [1.54, 1.807) is 0 Å². The highest BCUT2D eigenvalue weighted by Gasteiger charge is 2.38. The van der Waals surface area contributed by atoms with Crippen LogP contribution in [0.15, 0.2) is 22.7 Å². The zero-order valence-electron chi connectivity index (χ0n) is 8.37. The molecule has 0 aromatic heterocycles. The number of hydrogen-bond donors (Lipinski definition) is 1. The van der Waals surface area contributed by atoms with Crippen LogP contribution in [-0.4, -0.2) is 30.3 Å². The first-order chi connectivity index (χ1) is 7.84. The number of benzene rings is 1. The monoisotopic (exact) mass is 312 g/mol. The van der Waals surface area contributed by atoms with E-state index in [-0.39, 0.29) is 11.3 Å². The normalized spacial score (nSPS) is 13.2. The van der Waals surface area contributed by atoms with Crippen molar-refractivity contribution in [3.63, 3.8) is 0 Å². The van der Waals surface area contributed by atoms with Crippen molar-refractivity contribution < 1.29 is 27.8 Å². The molecular formula is C10H8BrF3O3. The number of aliphatic hydroxyl groups is 1. The second-order valence-electron chi connectivity index (χ2n) is 3.17. The minimum Gasteiger partial charge on any atom is -0.491 e. The SMILES string of the molecule is O=Cc1cc(OCC(O)C(F)(F)F)ccc1Br. The molecule has 0 aliphatic carbocycles. The summed E-state index contributed by atoms with van der Waals surface area (Å²) in [5.41, 5.74) is 0.254. The molecule has 0 saturated heterocycles. The molecule has 1 aromatic rings. The van der Waals surface area contributed by atoms with Crippen molar-refractivity contribution in [2.75, 3.05) is 6.61 Å². The molecule has 1 aromatic carbocycles. The zero-order chi connectivity index (χ0) is 13.1. The lowest BCUT2D eigenvalue weighted by atomic mass is 10.2. The molecule has 0 amide bonds. The molecule has 0 aliphatic rings. The van der Waals surface area contributed by atoms with E-state index in [1.807, 2.05) is 0 Å². The van der Waals surface area contributed by atoms with Gasteiger partial charge in [-0.2, -0.15) is 13.2 Å². The van der Waals surface area contributed by atoms with Crippen LogP contribution in [0.3, 0.4) is 0 Å². The molecule has 94 valence electrons. The summed E-state index contributed by atoms with van der Waals surface area (Å²) in [7, 11) is 0. The maximum Gasteiger partial charge on any atom is 0.417 e. The van der Waals surface area contributed by atoms with Crippen molar-refractivity contribution >= 4 is 22.2 Å². The van der Waals surface area contributed by atoms with Crippen molar-refractivity contribution in [2.45, 2.75) is 12.3 Å². The molecule has 0 fully saturated rings. The molecule has 1 unspecified atom stereocenters. The quantitative estimate of drug-likeness (QED) is 0.869. The van der Waals surface area contributed by atoms with Crippen LogP contribution in [-0.2, 0) is 0 Å². The molecule has 17 heavy (non-hydrogen) atoms. The molecular weight excluding hydrogens is 305 g/mol. The van der Waals surface area contributed by atoms with Gasteiger partial charge in [0.2, 0.25) is 0 Å². The largest absolute Gasteiger partial charge is 0.491 e. The predicted octanol–water partition coefficient (Wildman–Crippen LogP) is 2.56. The number of ether oxygens (including phenoxy) is 1. The number of carbonyl (C=O) groups is 1. The summed E-state index contributed by atoms with van der Waals surface area (Å²) < 4.78 is 41.2. The molecule has 0 bridgehead atoms. The van der Waals surface area contributed by atoms with Gasteiger partial charge >= 0.3 is 6.18 Å². The summed E-state index contributed by atoms with van der Waals surface area (Å²) in [4.78, 5) is 10.6. The Bertz CT molecular complexity index is 406. The summed E-state index contributed by atoms with van der Waals surface area (Å²) in [6, 6.07) is 4.14. The second-order valence-corrected chi connectivity index (χ2v) is 4.02. The Morgan fingerprint density at radius 2 is 2.12 bits per heavy atom. The summed E-state index contributed by atoms with van der Waals surface area (Å²) >= 11 is 3.09. The lowest BCUT2D eigenvalue weighted by Crippen LogP contribution is -2.34. The van der Waals surface area contributed by atoms with E-state index in [0.29, 0.717) is 10.8 Å². The third kappa shape index (κ3) is 4.01. The van der Waals surface area contributed by atoms with Crippen LogP contribution in [0.1, 0.15) is 10.4 Å². The Balaban J connectivity index is 2.67. The fourth-order valence-corrected chi connectivity index (χ4v) is 1.31. The molecule has 1 atom stereocenters. The smallest absolute Gasteiger partial charge is 0.417 e. The predicted molar refractivity (Wildman–Crippen MR) is 57.1 cm³/mol. The van der Waals surface area contributed by atoms with Gasteiger partial charge in [0.15, 0.2) is 12.4 Å². The van der Waals surface area contributed by atoms with Gasteiger partial charge in [-0.15, -0.1) is 0 Å². The first-order valence-corrected chi connectivity index (χ1v) is 5.26. The minimum absolute atomic E-state index is 0.0820. The van der Waals surface area contributed by atoms with Crippen molar-refractivity contribution in [3.05, 3.63) is 28.2 Å². The fraction of sp³-hybridized carbons (Fsp3) is 0.300. The minimum atomic E-state index is -4.72. The summed E-state index contributed by atoms with van der Waals surface area (Å²) in [6.07, 6.45) is -6.73. The molecule has 1 N–H and O–H groups in total. The van der Waals surface area contributed by atoms with E-state index in [0.717, 1.165) is 0 Å². The van der Waals surface area contributed by atoms with Crippen molar-refractivity contribution in [2.24, 2.45) is 0 Å². The topological polar surface area (TPSA) is 46.5 Å². The van der Waals surface area contributed by atoms with Gasteiger partial charge in [-0.3, -0.25) is 4.79 Å². The van der Waals surface area contributed by atoms with Gasteiger partial charge in [0.25, 0.3) is 0 Å². The van der Waals surface area contributed by atoms with Gasteiger partial charge in [-0.25, -0.2) is 0 Å². The summed E-state index contributed by atoms with van der Waals surface area (Å²) in [6.45, 7) is -0.913. The van der Waals surface area contributed by atoms with Gasteiger partial charge in [-0.1, -0.05) is 15.9 Å². The maximum absolute atomic E-state index is 12.0. The zero-order valence-corrected chi connectivity index (χ0v) is 9.96. The Hall–Kier alpha value is -1.08. The van der Waals surface area contributed by atoms with Crippen LogP contribution < -0.4 is 4.74 Å². The molecule has 0 saturated carbocycles. The van der Waals surface area contributed by atoms with Crippen LogP contribution in [0.2, 0.25) is 0 Å². The third-order valence-corrected chi connectivity index (χ3v) is 2.60. The molecule has 0 radical (unpaired) electrons. The van der Waals surface area contributed by atoms with E-state index in [9.17, 15) is 18.0 Å². The molecule has 0 spiro atoms. The number of aliphatic hydroxyl groups excluding tert-OH is 1. The van der Waals surface area contributed by atoms with Gasteiger partial charge in [0, 0.05) is 10.0 Å². The van der Waals surface area contributed by atoms with E-state index < -0.39 is 18.9 Å². The van der Waals surface area contributed by atoms with Crippen LogP contribution in [0.5, 0.6) is 5.75 Å². The molecule has 0 aliphatic heterocycles. The Morgan fingerprint density at radius 3 is 2.65 bits per heavy atom. The molecule has 1 rings (SSSR count). The van der Waals surface area contributed by atoms with E-state index in [1.165, 1.54) is 18.2 Å². The van der Waals surface area contributed by atoms with Gasteiger partial charge < -0.3 is 9.84 Å². The highest BCUT2D eigenvalue weighted by atomic mass is 79.9. The standard InChI is InChI=1S/C10H8BrF3O3/c11-8-2-1-7(3-6(8)4-15)17-5-9(16)10(12,13)14/h1-4,9,16H,5H2. The van der Waals surface area contributed by atoms with Gasteiger partial charge in [0.05, 0.1) is 0 Å². The van der Waals surface area contributed by atoms with Crippen LogP contribution >= 0.6 is 15.9 Å². The number of alkyl halides is 3. The van der Waals surface area contributed by atoms with E-state index >= 15 is 0 Å². The van der Waals surface area contributed by atoms with Crippen molar-refractivity contribution in [1.82, 2.24) is 0 Å². The molecule has 0 heterocycles. The number of aldehydes is 1. The highest BCUT2D eigenvalue weighted by Crippen LogP contribution is 2.23. The first kappa shape index (κ1) is 14.0. The Morgan fingerprint density at radius 1 is 1.47 bits per heavy atom. The highest BCUT2D eigenvalue weighted by molar-refractivity contribution is 9.10. The average Bonchev–Trinajstić information content (AvgIpc) is 2.26. The molecule has 3 nitrogen and oxygen atoms in total. The number of rotatable bonds is 4. The Kier molecular flexibility index (Phi) is 4.53. The summed E-state index contributed by atoms with van der Waals surface area (Å²) in [5, 5.41) is 8.70. The third-order valence-electron chi connectivity index (χ3n) is 1.88.